The van der Waals surface area contributed by atoms with Gasteiger partial charge in [-0.05, 0) is 68.2 Å². The highest BCUT2D eigenvalue weighted by Crippen LogP contribution is 2.47. The maximum atomic E-state index is 14.7. The van der Waals surface area contributed by atoms with Gasteiger partial charge in [0.25, 0.3) is 11.8 Å². The fourth-order valence-corrected chi connectivity index (χ4v) is 10.9. The van der Waals surface area contributed by atoms with Crippen LogP contribution in [-0.2, 0) is 29.2 Å². The minimum Gasteiger partial charge on any atom is -0.497 e. The number of ether oxygens (including phenoxy) is 1. The van der Waals surface area contributed by atoms with Crippen molar-refractivity contribution in [2.45, 2.75) is 102 Å². The second kappa shape index (κ2) is 15.7. The fourth-order valence-electron chi connectivity index (χ4n) is 8.71. The number of benzene rings is 1. The van der Waals surface area contributed by atoms with Crippen molar-refractivity contribution in [2.75, 3.05) is 26.7 Å². The Balaban J connectivity index is 1.16. The highest BCUT2D eigenvalue weighted by molar-refractivity contribution is 7.91. The first-order chi connectivity index (χ1) is 26.6. The van der Waals surface area contributed by atoms with Crippen molar-refractivity contribution in [1.29, 1.82) is 0 Å². The summed E-state index contributed by atoms with van der Waals surface area (Å²) < 4.78 is 33.3. The molecular formula is C41H53N5O8S2. The molecule has 0 unspecified atom stereocenters. The summed E-state index contributed by atoms with van der Waals surface area (Å²) in [6.45, 7) is 6.68. The lowest BCUT2D eigenvalue weighted by Crippen LogP contribution is -2.58. The van der Waals surface area contributed by atoms with Gasteiger partial charge >= 0.3 is 0 Å². The maximum Gasteiger partial charge on any atom is 0.282 e. The Morgan fingerprint density at radius 2 is 1.79 bits per heavy atom. The molecule has 7 rings (SSSR count). The zero-order chi connectivity index (χ0) is 40.0. The van der Waals surface area contributed by atoms with Gasteiger partial charge in [0.1, 0.15) is 23.1 Å². The Morgan fingerprint density at radius 1 is 1.04 bits per heavy atom. The number of sulfonamides is 1. The van der Waals surface area contributed by atoms with Crippen LogP contribution >= 0.6 is 11.3 Å². The Kier molecular flexibility index (Phi) is 11.2. The van der Waals surface area contributed by atoms with Crippen molar-refractivity contribution in [2.24, 2.45) is 29.1 Å². The van der Waals surface area contributed by atoms with Gasteiger partial charge in [-0.15, -0.1) is 11.3 Å². The van der Waals surface area contributed by atoms with Crippen LogP contribution in [0.3, 0.4) is 0 Å². The van der Waals surface area contributed by atoms with Crippen LogP contribution in [0.2, 0.25) is 0 Å². The van der Waals surface area contributed by atoms with Crippen LogP contribution in [-0.4, -0.2) is 96.2 Å². The van der Waals surface area contributed by atoms with Crippen molar-refractivity contribution in [1.82, 2.24) is 24.8 Å². The number of methoxy groups -OCH3 is 1. The molecule has 0 bridgehead atoms. The number of ketones is 1. The largest absolute Gasteiger partial charge is 0.497 e. The second-order valence-corrected chi connectivity index (χ2v) is 20.3. The summed E-state index contributed by atoms with van der Waals surface area (Å²) in [6.07, 6.45) is 9.14. The van der Waals surface area contributed by atoms with Gasteiger partial charge in [-0.1, -0.05) is 45.8 Å². The lowest BCUT2D eigenvalue weighted by Gasteiger charge is -2.33. The lowest BCUT2D eigenvalue weighted by molar-refractivity contribution is -0.145. The van der Waals surface area contributed by atoms with Gasteiger partial charge in [0.05, 0.1) is 18.1 Å². The molecule has 4 amide bonds. The average Bonchev–Trinajstić information content (AvgIpc) is 3.96. The monoisotopic (exact) mass is 807 g/mol. The Morgan fingerprint density at radius 3 is 2.48 bits per heavy atom. The van der Waals surface area contributed by atoms with Crippen molar-refractivity contribution < 1.29 is 37.1 Å². The molecule has 1 aromatic heterocycles. The molecule has 3 aliphatic heterocycles. The molecule has 13 nitrogen and oxygen atoms in total. The Hall–Kier alpha value is -4.11. The van der Waals surface area contributed by atoms with E-state index in [9.17, 15) is 32.4 Å². The summed E-state index contributed by atoms with van der Waals surface area (Å²) in [6, 6.07) is 6.38. The number of nitrogens with zero attached hydrogens (tertiary/aromatic N) is 3. The molecule has 0 radical (unpaired) electrons. The number of carbonyl (C=O) groups is 5. The number of fused-ring (bicyclic) bond motifs is 4. The molecule has 4 heterocycles. The van der Waals surface area contributed by atoms with Gasteiger partial charge < -0.3 is 19.9 Å². The minimum atomic E-state index is -3.89. The normalized spacial score (nSPS) is 28.9. The molecule has 2 saturated heterocycles. The maximum absolute atomic E-state index is 14.7. The van der Waals surface area contributed by atoms with Crippen molar-refractivity contribution in [3.8, 4) is 17.0 Å². The van der Waals surface area contributed by atoms with Crippen molar-refractivity contribution in [3.63, 3.8) is 0 Å². The molecule has 2 saturated carbocycles. The number of Topliss-reactive ketones (excluding diaryl/α,β-unsaturated/α-hetero) is 1. The third-order valence-electron chi connectivity index (χ3n) is 11.9. The van der Waals surface area contributed by atoms with E-state index in [4.69, 9.17) is 4.74 Å². The first kappa shape index (κ1) is 40.1. The van der Waals surface area contributed by atoms with E-state index >= 15 is 0 Å². The van der Waals surface area contributed by atoms with Crippen LogP contribution in [0.25, 0.3) is 11.3 Å². The number of nitrogens with one attached hydrogen (secondary N) is 2. The molecule has 1 aromatic carbocycles. The molecule has 4 fully saturated rings. The van der Waals surface area contributed by atoms with Gasteiger partial charge in [-0.2, -0.15) is 0 Å². The van der Waals surface area contributed by atoms with E-state index in [0.717, 1.165) is 31.2 Å². The first-order valence-electron chi connectivity index (χ1n) is 19.8. The van der Waals surface area contributed by atoms with Gasteiger partial charge in [0, 0.05) is 67.1 Å². The molecule has 5 aliphatic rings. The average molecular weight is 808 g/mol. The Labute approximate surface area is 333 Å². The molecule has 0 spiro atoms. The van der Waals surface area contributed by atoms with E-state index in [0.29, 0.717) is 48.7 Å². The zero-order valence-electron chi connectivity index (χ0n) is 32.6. The molecule has 2 aliphatic carbocycles. The summed E-state index contributed by atoms with van der Waals surface area (Å²) in [5, 5.41) is 4.48. The van der Waals surface area contributed by atoms with Gasteiger partial charge in [-0.25, -0.2) is 13.4 Å². The van der Waals surface area contributed by atoms with E-state index in [-0.39, 0.29) is 54.9 Å². The highest BCUT2D eigenvalue weighted by atomic mass is 32.2. The predicted molar refractivity (Wildman–Crippen MR) is 211 cm³/mol. The van der Waals surface area contributed by atoms with E-state index in [2.05, 4.69) is 15.0 Å². The number of rotatable bonds is 9. The molecule has 6 atom stereocenters. The standard InChI is InChI=1S/C41H53N5O8S2/c1-40(2,3)20-29(47)18-26-10-8-6-5-7-9-11-28-19-41(28,39(51)44-56(52,53)31-16-17-31)43-35(48)34-32-23-45(21-27(32)22-46(34)37(26)49)38(50)36-42-33(24-55-36)25-12-14-30(54-4)15-13-25/h9,11-15,24,26-28,31-32,34H,5-8,10,16-23H2,1-4H3,(H,43,48)(H,44,51)/b11-9-/t26-,27+,28-,32+,34+,41-/m1/s1. The summed E-state index contributed by atoms with van der Waals surface area (Å²) in [5.74, 6) is -2.86. The highest BCUT2D eigenvalue weighted by Gasteiger charge is 2.63. The molecule has 2 aromatic rings. The number of hydrogen-bond acceptors (Lipinski definition) is 10. The van der Waals surface area contributed by atoms with Crippen LogP contribution in [0.15, 0.2) is 41.8 Å². The van der Waals surface area contributed by atoms with Gasteiger partial charge in [0.2, 0.25) is 21.8 Å². The van der Waals surface area contributed by atoms with E-state index in [1.165, 1.54) is 11.3 Å². The van der Waals surface area contributed by atoms with E-state index < -0.39 is 56.4 Å². The minimum absolute atomic E-state index is 0.000334. The van der Waals surface area contributed by atoms with E-state index in [1.807, 2.05) is 62.6 Å². The lowest BCUT2D eigenvalue weighted by atomic mass is 9.85. The predicted octanol–water partition coefficient (Wildman–Crippen LogP) is 4.73. The molecule has 302 valence electrons. The molecule has 56 heavy (non-hydrogen) atoms. The second-order valence-electron chi connectivity index (χ2n) is 17.5. The quantitative estimate of drug-likeness (QED) is 0.340. The number of hydrogen-bond donors (Lipinski definition) is 2. The van der Waals surface area contributed by atoms with Gasteiger partial charge in [-0.3, -0.25) is 28.7 Å². The van der Waals surface area contributed by atoms with Crippen molar-refractivity contribution >= 4 is 50.8 Å². The van der Waals surface area contributed by atoms with Crippen LogP contribution in [0, 0.1) is 29.1 Å². The van der Waals surface area contributed by atoms with Gasteiger partial charge in [0.15, 0.2) is 5.01 Å². The van der Waals surface area contributed by atoms with Crippen LogP contribution in [0.1, 0.15) is 94.8 Å². The van der Waals surface area contributed by atoms with Crippen LogP contribution in [0.5, 0.6) is 5.75 Å². The first-order valence-corrected chi connectivity index (χ1v) is 22.3. The third-order valence-corrected chi connectivity index (χ3v) is 14.5. The number of allylic oxidation sites excluding steroid dienone is 1. The van der Waals surface area contributed by atoms with Crippen LogP contribution < -0.4 is 14.8 Å². The summed E-state index contributed by atoms with van der Waals surface area (Å²) in [7, 11) is -2.30. The summed E-state index contributed by atoms with van der Waals surface area (Å²) in [4.78, 5) is 78.4. The third kappa shape index (κ3) is 8.58. The number of carbonyl (C=O) groups excluding carboxylic acids is 5. The Bertz CT molecular complexity index is 2000. The fraction of sp³-hybridized carbons (Fsp3) is 0.610. The molecular weight excluding hydrogens is 755 g/mol. The number of amides is 4. The van der Waals surface area contributed by atoms with Crippen LogP contribution in [0.4, 0.5) is 0 Å². The number of likely N-dealkylation sites (tertiary alicyclic amines) is 1. The SMILES string of the molecule is COc1ccc(-c2csc(C(=O)N3C[C@H]4CN5C(=O)[C@@H](CC(=O)CC(C)(C)C)CCCCC/C=C\[C@@H]6C[C@@]6(C(=O)NS(=O)(=O)C6CC6)NC(=O)[C@@H]5[C@H]4C3)n2)cc1. The topological polar surface area (TPSA) is 172 Å². The van der Waals surface area contributed by atoms with E-state index in [1.54, 1.807) is 16.9 Å². The zero-order valence-corrected chi connectivity index (χ0v) is 34.3. The summed E-state index contributed by atoms with van der Waals surface area (Å²) >= 11 is 1.24. The number of thiazole rings is 1. The number of aromatic nitrogens is 1. The van der Waals surface area contributed by atoms with Crippen molar-refractivity contribution in [3.05, 3.63) is 46.8 Å². The smallest absolute Gasteiger partial charge is 0.282 e. The molecule has 15 heteroatoms. The summed E-state index contributed by atoms with van der Waals surface area (Å²) in [5.41, 5.74) is -0.236. The molecule has 2 N–H and O–H groups in total.